The standard InChI is InChI=1S/C19H17ClF2N2O2.C2HF3O2/c1-10(25)11-5-6-15(20)14(7-11)13-3-2-4-16(18(13)22)24-19(26)17-8-12(21)9-23-17;3-2(4,5)1(6)7/h2-7,12,17,23H,8-9H2,1H3,(H,24,26);(H,6,7)/t12-,17+;/m1./s1. The minimum Gasteiger partial charge on any atom is -0.475 e. The SMILES string of the molecule is CC(=O)c1ccc(Cl)c(-c2cccc(NC(=O)[C@@H]3C[C@@H](F)CN3)c2F)c1.O=C(O)C(F)(F)F. The Hall–Kier alpha value is -3.05. The number of carboxylic acids is 1. The molecular formula is C21H18ClF5N2O4. The van der Waals surface area contributed by atoms with E-state index in [1.165, 1.54) is 31.2 Å². The lowest BCUT2D eigenvalue weighted by Gasteiger charge is -2.14. The van der Waals surface area contributed by atoms with Gasteiger partial charge in [-0.1, -0.05) is 23.7 Å². The number of anilines is 1. The molecule has 0 aliphatic carbocycles. The number of Topliss-reactive ketones (excluding diaryl/α,β-unsaturated/α-hetero) is 1. The van der Waals surface area contributed by atoms with E-state index in [-0.39, 0.29) is 35.0 Å². The van der Waals surface area contributed by atoms with Crippen LogP contribution in [-0.2, 0) is 9.59 Å². The number of carbonyl (C=O) groups is 3. The van der Waals surface area contributed by atoms with E-state index in [1.807, 2.05) is 0 Å². The summed E-state index contributed by atoms with van der Waals surface area (Å²) in [7, 11) is 0. The summed E-state index contributed by atoms with van der Waals surface area (Å²) >= 11 is 6.17. The number of halogens is 6. The minimum atomic E-state index is -5.08. The molecule has 1 aliphatic rings. The quantitative estimate of drug-likeness (QED) is 0.427. The first kappa shape index (κ1) is 26.2. The summed E-state index contributed by atoms with van der Waals surface area (Å²) in [5.41, 5.74) is 0.901. The maximum Gasteiger partial charge on any atom is 0.490 e. The van der Waals surface area contributed by atoms with Crippen LogP contribution in [0, 0.1) is 5.82 Å². The molecule has 0 spiro atoms. The van der Waals surface area contributed by atoms with E-state index in [2.05, 4.69) is 10.6 Å². The molecule has 12 heteroatoms. The molecule has 2 aromatic rings. The molecule has 0 radical (unpaired) electrons. The maximum absolute atomic E-state index is 14.9. The number of benzene rings is 2. The van der Waals surface area contributed by atoms with Crippen molar-refractivity contribution in [1.82, 2.24) is 5.32 Å². The van der Waals surface area contributed by atoms with Gasteiger partial charge in [0.25, 0.3) is 0 Å². The zero-order valence-electron chi connectivity index (χ0n) is 17.0. The van der Waals surface area contributed by atoms with Crippen LogP contribution in [0.2, 0.25) is 5.02 Å². The lowest BCUT2D eigenvalue weighted by molar-refractivity contribution is -0.192. The number of carbonyl (C=O) groups excluding carboxylic acids is 2. The summed E-state index contributed by atoms with van der Waals surface area (Å²) in [6.45, 7) is 1.51. The number of hydrogen-bond donors (Lipinski definition) is 3. The van der Waals surface area contributed by atoms with Gasteiger partial charge < -0.3 is 15.7 Å². The Kier molecular flexibility index (Phi) is 8.51. The maximum atomic E-state index is 14.9. The third-order valence-electron chi connectivity index (χ3n) is 4.56. The molecule has 33 heavy (non-hydrogen) atoms. The fourth-order valence-corrected chi connectivity index (χ4v) is 3.12. The number of alkyl halides is 4. The van der Waals surface area contributed by atoms with Gasteiger partial charge in [-0.05, 0) is 31.2 Å². The van der Waals surface area contributed by atoms with Crippen molar-refractivity contribution >= 4 is 34.9 Å². The van der Waals surface area contributed by atoms with E-state index in [0.717, 1.165) is 0 Å². The van der Waals surface area contributed by atoms with Gasteiger partial charge in [0.2, 0.25) is 5.91 Å². The number of hydrogen-bond acceptors (Lipinski definition) is 4. The van der Waals surface area contributed by atoms with Crippen LogP contribution in [0.4, 0.5) is 27.6 Å². The monoisotopic (exact) mass is 492 g/mol. The molecule has 0 aromatic heterocycles. The third-order valence-corrected chi connectivity index (χ3v) is 4.89. The Balaban J connectivity index is 0.000000479. The normalized spacial score (nSPS) is 17.7. The van der Waals surface area contributed by atoms with E-state index in [0.29, 0.717) is 11.1 Å². The summed E-state index contributed by atoms with van der Waals surface area (Å²) in [5, 5.41) is 12.7. The molecule has 1 saturated heterocycles. The minimum absolute atomic E-state index is 0.0269. The Morgan fingerprint density at radius 2 is 1.79 bits per heavy atom. The fourth-order valence-electron chi connectivity index (χ4n) is 2.90. The van der Waals surface area contributed by atoms with Crippen LogP contribution in [0.5, 0.6) is 0 Å². The molecule has 0 saturated carbocycles. The first-order chi connectivity index (χ1) is 15.3. The predicted octanol–water partition coefficient (Wildman–Crippen LogP) is 4.62. The van der Waals surface area contributed by atoms with Crippen LogP contribution < -0.4 is 10.6 Å². The van der Waals surface area contributed by atoms with E-state index >= 15 is 0 Å². The van der Waals surface area contributed by atoms with Crippen LogP contribution in [0.25, 0.3) is 11.1 Å². The number of ketones is 1. The second-order valence-corrected chi connectivity index (χ2v) is 7.41. The Morgan fingerprint density at radius 3 is 2.30 bits per heavy atom. The smallest absolute Gasteiger partial charge is 0.475 e. The molecule has 178 valence electrons. The first-order valence-corrected chi connectivity index (χ1v) is 9.76. The van der Waals surface area contributed by atoms with Gasteiger partial charge in [-0.25, -0.2) is 13.6 Å². The fraction of sp³-hybridized carbons (Fsp3) is 0.286. The van der Waals surface area contributed by atoms with Crippen LogP contribution in [0.1, 0.15) is 23.7 Å². The molecule has 0 unspecified atom stereocenters. The average molecular weight is 493 g/mol. The van der Waals surface area contributed by atoms with Crippen LogP contribution in [0.3, 0.4) is 0 Å². The van der Waals surface area contributed by atoms with Crippen molar-refractivity contribution in [3.8, 4) is 11.1 Å². The van der Waals surface area contributed by atoms with Crippen molar-refractivity contribution in [1.29, 1.82) is 0 Å². The first-order valence-electron chi connectivity index (χ1n) is 9.39. The number of aliphatic carboxylic acids is 1. The highest BCUT2D eigenvalue weighted by Gasteiger charge is 2.38. The number of rotatable bonds is 4. The van der Waals surface area contributed by atoms with Gasteiger partial charge in [0.15, 0.2) is 11.6 Å². The molecule has 3 N–H and O–H groups in total. The summed E-state index contributed by atoms with van der Waals surface area (Å²) in [4.78, 5) is 32.7. The van der Waals surface area contributed by atoms with Crippen molar-refractivity contribution in [2.24, 2.45) is 0 Å². The number of nitrogens with one attached hydrogen (secondary N) is 2. The molecule has 2 atom stereocenters. The summed E-state index contributed by atoms with van der Waals surface area (Å²) < 4.78 is 59.9. The van der Waals surface area contributed by atoms with Gasteiger partial charge in [-0.3, -0.25) is 9.59 Å². The lowest BCUT2D eigenvalue weighted by atomic mass is 10.0. The van der Waals surface area contributed by atoms with Crippen molar-refractivity contribution < 1.29 is 41.4 Å². The molecule has 1 fully saturated rings. The highest BCUT2D eigenvalue weighted by Crippen LogP contribution is 2.34. The van der Waals surface area contributed by atoms with Crippen LogP contribution in [-0.4, -0.2) is 47.7 Å². The number of amides is 1. The predicted molar refractivity (Wildman–Crippen MR) is 110 cm³/mol. The second kappa shape index (κ2) is 10.7. The zero-order valence-corrected chi connectivity index (χ0v) is 17.7. The van der Waals surface area contributed by atoms with Gasteiger partial charge in [-0.2, -0.15) is 13.2 Å². The van der Waals surface area contributed by atoms with E-state index in [4.69, 9.17) is 21.5 Å². The summed E-state index contributed by atoms with van der Waals surface area (Å²) in [5.74, 6) is -4.09. The van der Waals surface area contributed by atoms with Crippen LogP contribution in [0.15, 0.2) is 36.4 Å². The highest BCUT2D eigenvalue weighted by molar-refractivity contribution is 6.33. The van der Waals surface area contributed by atoms with Crippen molar-refractivity contribution in [2.45, 2.75) is 31.7 Å². The number of carboxylic acid groups (broad SMARTS) is 1. The zero-order chi connectivity index (χ0) is 24.9. The molecule has 1 aliphatic heterocycles. The summed E-state index contributed by atoms with van der Waals surface area (Å²) in [6, 6.07) is 8.42. The second-order valence-electron chi connectivity index (χ2n) is 7.00. The van der Waals surface area contributed by atoms with Gasteiger partial charge in [0.1, 0.15) is 6.17 Å². The molecule has 1 amide bonds. The summed E-state index contributed by atoms with van der Waals surface area (Å²) in [6.07, 6.45) is -6.12. The van der Waals surface area contributed by atoms with E-state index < -0.39 is 36.1 Å². The van der Waals surface area contributed by atoms with Crippen molar-refractivity contribution in [3.63, 3.8) is 0 Å². The van der Waals surface area contributed by atoms with Gasteiger partial charge >= 0.3 is 12.1 Å². The van der Waals surface area contributed by atoms with E-state index in [9.17, 15) is 31.5 Å². The average Bonchev–Trinajstić information content (AvgIpc) is 3.16. The molecule has 1 heterocycles. The van der Waals surface area contributed by atoms with Gasteiger partial charge in [0.05, 0.1) is 11.7 Å². The molecule has 6 nitrogen and oxygen atoms in total. The van der Waals surface area contributed by atoms with Crippen molar-refractivity contribution in [2.75, 3.05) is 11.9 Å². The molecular weight excluding hydrogens is 475 g/mol. The Morgan fingerprint density at radius 1 is 1.15 bits per heavy atom. The molecule has 3 rings (SSSR count). The lowest BCUT2D eigenvalue weighted by Crippen LogP contribution is -2.35. The topological polar surface area (TPSA) is 95.5 Å². The molecule has 0 bridgehead atoms. The Labute approximate surface area is 189 Å². The van der Waals surface area contributed by atoms with E-state index in [1.54, 1.807) is 12.1 Å². The Bertz CT molecular complexity index is 1060. The van der Waals surface area contributed by atoms with Crippen molar-refractivity contribution in [3.05, 3.63) is 52.8 Å². The van der Waals surface area contributed by atoms with Gasteiger partial charge in [-0.15, -0.1) is 0 Å². The van der Waals surface area contributed by atoms with Gasteiger partial charge in [0, 0.05) is 34.7 Å². The molecule has 2 aromatic carbocycles. The largest absolute Gasteiger partial charge is 0.490 e. The van der Waals surface area contributed by atoms with Crippen LogP contribution >= 0.6 is 11.6 Å². The third kappa shape index (κ3) is 6.96. The highest BCUT2D eigenvalue weighted by atomic mass is 35.5.